The highest BCUT2D eigenvalue weighted by Gasteiger charge is 2.18. The van der Waals surface area contributed by atoms with Crippen LogP contribution < -0.4 is 0 Å². The molecule has 140 valence electrons. The van der Waals surface area contributed by atoms with E-state index in [4.69, 9.17) is 0 Å². The minimum Gasteiger partial charge on any atom is -0.299 e. The number of hydrogen-bond donors (Lipinski definition) is 0. The molecule has 0 radical (unpaired) electrons. The zero-order valence-electron chi connectivity index (χ0n) is 16.0. The van der Waals surface area contributed by atoms with E-state index in [1.54, 1.807) is 0 Å². The number of piperazine rings is 1. The molecule has 2 aliphatic rings. The summed E-state index contributed by atoms with van der Waals surface area (Å²) in [6.45, 7) is 12.9. The fourth-order valence-electron chi connectivity index (χ4n) is 4.19. The molecule has 0 amide bonds. The molecule has 2 aromatic rings. The molecule has 0 N–H and O–H groups in total. The van der Waals surface area contributed by atoms with E-state index in [-0.39, 0.29) is 0 Å². The van der Waals surface area contributed by atoms with E-state index in [9.17, 15) is 0 Å². The van der Waals surface area contributed by atoms with Crippen molar-refractivity contribution in [2.75, 3.05) is 39.3 Å². The first-order chi connectivity index (χ1) is 12.7. The summed E-state index contributed by atoms with van der Waals surface area (Å²) in [4.78, 5) is 9.35. The van der Waals surface area contributed by atoms with Crippen molar-refractivity contribution in [1.82, 2.24) is 14.7 Å². The van der Waals surface area contributed by atoms with Crippen LogP contribution in [0.1, 0.15) is 34.4 Å². The molecule has 1 aromatic heterocycles. The van der Waals surface area contributed by atoms with Crippen LogP contribution in [0.5, 0.6) is 0 Å². The Kier molecular flexibility index (Phi) is 6.05. The van der Waals surface area contributed by atoms with Crippen LogP contribution in [0, 0.1) is 6.92 Å². The van der Waals surface area contributed by atoms with Gasteiger partial charge in [0.15, 0.2) is 0 Å². The largest absolute Gasteiger partial charge is 0.299 e. The number of rotatable bonds is 6. The molecule has 3 nitrogen and oxygen atoms in total. The van der Waals surface area contributed by atoms with Gasteiger partial charge in [-0.2, -0.15) is 0 Å². The molecule has 2 fully saturated rings. The van der Waals surface area contributed by atoms with E-state index in [2.05, 4.69) is 57.3 Å². The third kappa shape index (κ3) is 4.95. The van der Waals surface area contributed by atoms with Crippen molar-refractivity contribution in [3.8, 4) is 0 Å². The third-order valence-corrected chi connectivity index (χ3v) is 6.62. The fourth-order valence-corrected chi connectivity index (χ4v) is 5.11. The molecule has 0 aliphatic carbocycles. The molecule has 4 heteroatoms. The lowest BCUT2D eigenvalue weighted by molar-refractivity contribution is 0.123. The second-order valence-corrected chi connectivity index (χ2v) is 8.94. The molecule has 4 rings (SSSR count). The van der Waals surface area contributed by atoms with Gasteiger partial charge in [0.2, 0.25) is 0 Å². The first-order valence-corrected chi connectivity index (χ1v) is 10.9. The monoisotopic (exact) mass is 369 g/mol. The normalized spacial score (nSPS) is 20.0. The molecule has 2 saturated heterocycles. The Balaban J connectivity index is 1.23. The molecule has 26 heavy (non-hydrogen) atoms. The van der Waals surface area contributed by atoms with Gasteiger partial charge in [-0.3, -0.25) is 14.7 Å². The van der Waals surface area contributed by atoms with Crippen molar-refractivity contribution in [2.24, 2.45) is 0 Å². The van der Waals surface area contributed by atoms with Crippen LogP contribution in [0.25, 0.3) is 0 Å². The molecule has 0 bridgehead atoms. The van der Waals surface area contributed by atoms with Crippen molar-refractivity contribution in [2.45, 2.75) is 39.4 Å². The Labute approximate surface area is 162 Å². The van der Waals surface area contributed by atoms with Gasteiger partial charge in [0.1, 0.15) is 0 Å². The minimum atomic E-state index is 1.09. The zero-order valence-corrected chi connectivity index (χ0v) is 16.8. The maximum atomic E-state index is 2.62. The Morgan fingerprint density at radius 3 is 2.15 bits per heavy atom. The second-order valence-electron chi connectivity index (χ2n) is 7.95. The molecule has 0 spiro atoms. The molecule has 0 saturated carbocycles. The Morgan fingerprint density at radius 2 is 1.42 bits per heavy atom. The summed E-state index contributed by atoms with van der Waals surface area (Å²) in [6.07, 6.45) is 2.76. The van der Waals surface area contributed by atoms with Crippen LogP contribution in [0.2, 0.25) is 0 Å². The highest BCUT2D eigenvalue weighted by Crippen LogP contribution is 2.21. The molecular weight excluding hydrogens is 338 g/mol. The zero-order chi connectivity index (χ0) is 17.8. The summed E-state index contributed by atoms with van der Waals surface area (Å²) >= 11 is 1.95. The SMILES string of the molecule is Cc1cccc(CN2CCN(Cc3cc(CN4CCCC4)cs3)CC2)c1. The van der Waals surface area contributed by atoms with Gasteiger partial charge in [0.05, 0.1) is 0 Å². The maximum absolute atomic E-state index is 2.62. The first-order valence-electron chi connectivity index (χ1n) is 10.0. The number of hydrogen-bond acceptors (Lipinski definition) is 4. The summed E-state index contributed by atoms with van der Waals surface area (Å²) in [7, 11) is 0. The van der Waals surface area contributed by atoms with Gasteiger partial charge in [-0.05, 0) is 55.4 Å². The average Bonchev–Trinajstić information content (AvgIpc) is 3.29. The molecule has 1 aromatic carbocycles. The van der Waals surface area contributed by atoms with Gasteiger partial charge in [0, 0.05) is 50.7 Å². The average molecular weight is 370 g/mol. The number of aryl methyl sites for hydroxylation is 1. The van der Waals surface area contributed by atoms with E-state index in [0.29, 0.717) is 0 Å². The van der Waals surface area contributed by atoms with Crippen molar-refractivity contribution < 1.29 is 0 Å². The van der Waals surface area contributed by atoms with Crippen molar-refractivity contribution >= 4 is 11.3 Å². The predicted octanol–water partition coefficient (Wildman–Crippen LogP) is 3.97. The first kappa shape index (κ1) is 18.2. The number of benzene rings is 1. The van der Waals surface area contributed by atoms with Gasteiger partial charge in [0.25, 0.3) is 0 Å². The second kappa shape index (κ2) is 8.66. The minimum absolute atomic E-state index is 1.09. The Bertz CT molecular complexity index is 697. The lowest BCUT2D eigenvalue weighted by Crippen LogP contribution is -2.45. The van der Waals surface area contributed by atoms with E-state index in [1.165, 1.54) is 73.7 Å². The quantitative estimate of drug-likeness (QED) is 0.763. The molecule has 2 aliphatic heterocycles. The van der Waals surface area contributed by atoms with Crippen molar-refractivity contribution in [1.29, 1.82) is 0 Å². The van der Waals surface area contributed by atoms with Gasteiger partial charge in [-0.1, -0.05) is 29.8 Å². The molecule has 0 unspecified atom stereocenters. The van der Waals surface area contributed by atoms with Crippen LogP contribution in [-0.2, 0) is 19.6 Å². The summed E-state index contributed by atoms with van der Waals surface area (Å²) in [5.41, 5.74) is 4.33. The van der Waals surface area contributed by atoms with E-state index >= 15 is 0 Å². The topological polar surface area (TPSA) is 9.72 Å². The van der Waals surface area contributed by atoms with Crippen LogP contribution in [0.15, 0.2) is 35.7 Å². The van der Waals surface area contributed by atoms with Crippen molar-refractivity contribution in [3.05, 3.63) is 57.3 Å². The molecule has 3 heterocycles. The predicted molar refractivity (Wildman–Crippen MR) is 111 cm³/mol. The van der Waals surface area contributed by atoms with Crippen LogP contribution in [0.4, 0.5) is 0 Å². The third-order valence-electron chi connectivity index (χ3n) is 5.65. The van der Waals surface area contributed by atoms with Gasteiger partial charge in [-0.25, -0.2) is 0 Å². The summed E-state index contributed by atoms with van der Waals surface area (Å²) in [5, 5.41) is 2.38. The van der Waals surface area contributed by atoms with Gasteiger partial charge < -0.3 is 0 Å². The van der Waals surface area contributed by atoms with E-state index < -0.39 is 0 Å². The van der Waals surface area contributed by atoms with Gasteiger partial charge >= 0.3 is 0 Å². The summed E-state index contributed by atoms with van der Waals surface area (Å²) in [6, 6.07) is 11.4. The molecular formula is C22H31N3S. The van der Waals surface area contributed by atoms with E-state index in [0.717, 1.165) is 19.6 Å². The van der Waals surface area contributed by atoms with Crippen LogP contribution >= 0.6 is 11.3 Å². The fraction of sp³-hybridized carbons (Fsp3) is 0.545. The number of nitrogens with zero attached hydrogens (tertiary/aromatic N) is 3. The molecule has 0 atom stereocenters. The highest BCUT2D eigenvalue weighted by atomic mass is 32.1. The highest BCUT2D eigenvalue weighted by molar-refractivity contribution is 7.10. The van der Waals surface area contributed by atoms with Gasteiger partial charge in [-0.15, -0.1) is 11.3 Å². The number of likely N-dealkylation sites (tertiary alicyclic amines) is 1. The van der Waals surface area contributed by atoms with Crippen LogP contribution in [0.3, 0.4) is 0 Å². The lowest BCUT2D eigenvalue weighted by Gasteiger charge is -2.34. The smallest absolute Gasteiger partial charge is 0.0329 e. The standard InChI is InChI=1S/C22H31N3S/c1-19-5-4-6-20(13-19)15-24-9-11-25(12-10-24)17-22-14-21(18-26-22)16-23-7-2-3-8-23/h4-6,13-14,18H,2-3,7-12,15-17H2,1H3. The summed E-state index contributed by atoms with van der Waals surface area (Å²) < 4.78 is 0. The Hall–Kier alpha value is -1.20. The van der Waals surface area contributed by atoms with Crippen LogP contribution in [-0.4, -0.2) is 54.0 Å². The van der Waals surface area contributed by atoms with Crippen molar-refractivity contribution in [3.63, 3.8) is 0 Å². The Morgan fingerprint density at radius 1 is 0.769 bits per heavy atom. The summed E-state index contributed by atoms with van der Waals surface area (Å²) in [5.74, 6) is 0. The number of thiophene rings is 1. The lowest BCUT2D eigenvalue weighted by atomic mass is 10.1. The maximum Gasteiger partial charge on any atom is 0.0329 e. The van der Waals surface area contributed by atoms with E-state index in [1.807, 2.05) is 11.3 Å².